The molecular weight excluding hydrogens is 374 g/mol. The third-order valence-corrected chi connectivity index (χ3v) is 5.04. The van der Waals surface area contributed by atoms with Crippen molar-refractivity contribution in [1.82, 2.24) is 4.90 Å². The fourth-order valence-electron chi connectivity index (χ4n) is 3.34. The molecule has 2 aliphatic rings. The zero-order chi connectivity index (χ0) is 17.5. The molecule has 2 aliphatic heterocycles. The van der Waals surface area contributed by atoms with Crippen LogP contribution < -0.4 is 4.74 Å². The molecule has 1 atom stereocenters. The molecule has 6 heteroatoms. The summed E-state index contributed by atoms with van der Waals surface area (Å²) in [7, 11) is 0. The number of hydrogen-bond acceptors (Lipinski definition) is 4. The first-order chi connectivity index (χ1) is 11.2. The van der Waals surface area contributed by atoms with Crippen molar-refractivity contribution in [3.63, 3.8) is 0 Å². The third kappa shape index (κ3) is 3.70. The van der Waals surface area contributed by atoms with Gasteiger partial charge in [0.1, 0.15) is 17.0 Å². The predicted molar refractivity (Wildman–Crippen MR) is 94.1 cm³/mol. The molecule has 3 rings (SSSR count). The monoisotopic (exact) mass is 397 g/mol. The van der Waals surface area contributed by atoms with Crippen LogP contribution in [-0.2, 0) is 4.74 Å². The summed E-state index contributed by atoms with van der Waals surface area (Å²) < 4.78 is 12.6. The van der Waals surface area contributed by atoms with Gasteiger partial charge in [0.25, 0.3) is 0 Å². The van der Waals surface area contributed by atoms with E-state index in [-0.39, 0.29) is 6.09 Å². The number of hydrogen-bond donors (Lipinski definition) is 1. The van der Waals surface area contributed by atoms with Crippen molar-refractivity contribution in [3.8, 4) is 5.75 Å². The fraction of sp³-hybridized carbons (Fsp3) is 0.611. The standard InChI is InChI=1S/C18H24BrNO4/c1-17(2,3)24-16(22)20-8-6-18(7-9-20)11-14(21)13-10-12(19)4-5-15(13)23-18/h4-5,10,14,21H,6-9,11H2,1-3H3. The van der Waals surface area contributed by atoms with Gasteiger partial charge in [-0.25, -0.2) is 4.79 Å². The number of carbonyl (C=O) groups is 1. The Kier molecular flexibility index (Phi) is 4.55. The molecule has 1 N–H and O–H groups in total. The summed E-state index contributed by atoms with van der Waals surface area (Å²) in [5.74, 6) is 0.739. The lowest BCUT2D eigenvalue weighted by molar-refractivity contribution is -0.0569. The Bertz CT molecular complexity index is 632. The molecule has 1 fully saturated rings. The summed E-state index contributed by atoms with van der Waals surface area (Å²) in [5.41, 5.74) is -0.0703. The lowest BCUT2D eigenvalue weighted by Crippen LogP contribution is -2.52. The van der Waals surface area contributed by atoms with Gasteiger partial charge in [-0.1, -0.05) is 15.9 Å². The minimum atomic E-state index is -0.542. The van der Waals surface area contributed by atoms with Gasteiger partial charge in [-0.05, 0) is 39.0 Å². The molecule has 1 aromatic carbocycles. The second-order valence-electron chi connectivity index (χ2n) is 7.65. The summed E-state index contributed by atoms with van der Waals surface area (Å²) in [6, 6.07) is 5.72. The molecular formula is C18H24BrNO4. The molecule has 1 spiro atoms. The van der Waals surface area contributed by atoms with Crippen molar-refractivity contribution in [3.05, 3.63) is 28.2 Å². The Hall–Kier alpha value is -1.27. The van der Waals surface area contributed by atoms with E-state index in [2.05, 4.69) is 15.9 Å². The molecule has 24 heavy (non-hydrogen) atoms. The highest BCUT2D eigenvalue weighted by Crippen LogP contribution is 2.45. The van der Waals surface area contributed by atoms with E-state index in [1.165, 1.54) is 0 Å². The summed E-state index contributed by atoms with van der Waals surface area (Å²) in [6.07, 6.45) is 1.12. The van der Waals surface area contributed by atoms with Crippen LogP contribution in [0.1, 0.15) is 51.7 Å². The van der Waals surface area contributed by atoms with Crippen LogP contribution in [0.5, 0.6) is 5.75 Å². The number of benzene rings is 1. The molecule has 0 aromatic heterocycles. The van der Waals surface area contributed by atoms with E-state index in [0.717, 1.165) is 15.8 Å². The first kappa shape index (κ1) is 17.5. The lowest BCUT2D eigenvalue weighted by atomic mass is 9.82. The zero-order valence-corrected chi connectivity index (χ0v) is 15.9. The molecule has 5 nitrogen and oxygen atoms in total. The van der Waals surface area contributed by atoms with Gasteiger partial charge in [0.2, 0.25) is 0 Å². The van der Waals surface area contributed by atoms with E-state index in [9.17, 15) is 9.90 Å². The maximum atomic E-state index is 12.2. The minimum absolute atomic E-state index is 0.280. The zero-order valence-electron chi connectivity index (χ0n) is 14.3. The minimum Gasteiger partial charge on any atom is -0.487 e. The second kappa shape index (κ2) is 6.23. The van der Waals surface area contributed by atoms with Crippen molar-refractivity contribution < 1.29 is 19.4 Å². The van der Waals surface area contributed by atoms with Gasteiger partial charge in [-0.3, -0.25) is 0 Å². The van der Waals surface area contributed by atoms with Crippen molar-refractivity contribution in [2.45, 2.75) is 57.3 Å². The number of aliphatic hydroxyl groups excluding tert-OH is 1. The molecule has 1 unspecified atom stereocenters. The Balaban J connectivity index is 1.68. The van der Waals surface area contributed by atoms with Crippen LogP contribution in [0.4, 0.5) is 4.79 Å². The van der Waals surface area contributed by atoms with E-state index >= 15 is 0 Å². The van der Waals surface area contributed by atoms with Crippen molar-refractivity contribution in [2.75, 3.05) is 13.1 Å². The van der Waals surface area contributed by atoms with Crippen LogP contribution in [0.2, 0.25) is 0 Å². The van der Waals surface area contributed by atoms with E-state index in [4.69, 9.17) is 9.47 Å². The third-order valence-electron chi connectivity index (χ3n) is 4.55. The van der Waals surface area contributed by atoms with Crippen molar-refractivity contribution in [2.24, 2.45) is 0 Å². The second-order valence-corrected chi connectivity index (χ2v) is 8.57. The quantitative estimate of drug-likeness (QED) is 0.717. The normalized spacial score (nSPS) is 22.7. The van der Waals surface area contributed by atoms with Gasteiger partial charge in [0.05, 0.1) is 6.10 Å². The lowest BCUT2D eigenvalue weighted by Gasteiger charge is -2.45. The SMILES string of the molecule is CC(C)(C)OC(=O)N1CCC2(CC1)CC(O)c1cc(Br)ccc1O2. The molecule has 1 saturated heterocycles. The summed E-state index contributed by atoms with van der Waals surface area (Å²) in [6.45, 7) is 6.75. The average Bonchev–Trinajstić information content (AvgIpc) is 2.47. The summed E-state index contributed by atoms with van der Waals surface area (Å²) in [5, 5.41) is 10.5. The topological polar surface area (TPSA) is 59.0 Å². The van der Waals surface area contributed by atoms with Gasteiger partial charge in [-0.15, -0.1) is 0 Å². The summed E-state index contributed by atoms with van der Waals surface area (Å²) in [4.78, 5) is 13.9. The van der Waals surface area contributed by atoms with Gasteiger partial charge in [-0.2, -0.15) is 0 Å². The van der Waals surface area contributed by atoms with E-state index in [0.29, 0.717) is 32.4 Å². The smallest absolute Gasteiger partial charge is 0.410 e. The van der Waals surface area contributed by atoms with Crippen LogP contribution in [0.15, 0.2) is 22.7 Å². The van der Waals surface area contributed by atoms with Gasteiger partial charge in [0.15, 0.2) is 0 Å². The highest BCUT2D eigenvalue weighted by atomic mass is 79.9. The van der Waals surface area contributed by atoms with E-state index in [1.54, 1.807) is 4.90 Å². The van der Waals surface area contributed by atoms with Crippen LogP contribution in [-0.4, -0.2) is 40.4 Å². The highest BCUT2D eigenvalue weighted by molar-refractivity contribution is 9.10. The maximum Gasteiger partial charge on any atom is 0.410 e. The fourth-order valence-corrected chi connectivity index (χ4v) is 3.72. The number of carbonyl (C=O) groups excluding carboxylic acids is 1. The van der Waals surface area contributed by atoms with E-state index < -0.39 is 17.3 Å². The number of rotatable bonds is 0. The number of aliphatic hydroxyl groups is 1. The maximum absolute atomic E-state index is 12.2. The number of fused-ring (bicyclic) bond motifs is 1. The van der Waals surface area contributed by atoms with Gasteiger partial charge >= 0.3 is 6.09 Å². The molecule has 0 saturated carbocycles. The van der Waals surface area contributed by atoms with Crippen LogP contribution in [0.3, 0.4) is 0 Å². The molecule has 0 aliphatic carbocycles. The molecule has 132 valence electrons. The molecule has 0 radical (unpaired) electrons. The molecule has 2 heterocycles. The van der Waals surface area contributed by atoms with Crippen molar-refractivity contribution >= 4 is 22.0 Å². The highest BCUT2D eigenvalue weighted by Gasteiger charge is 2.44. The number of halogens is 1. The average molecular weight is 398 g/mol. The Morgan fingerprint density at radius 1 is 1.38 bits per heavy atom. The number of nitrogens with zero attached hydrogens (tertiary/aromatic N) is 1. The van der Waals surface area contributed by atoms with Crippen LogP contribution in [0.25, 0.3) is 0 Å². The van der Waals surface area contributed by atoms with Crippen molar-refractivity contribution in [1.29, 1.82) is 0 Å². The van der Waals surface area contributed by atoms with E-state index in [1.807, 2.05) is 39.0 Å². The summed E-state index contributed by atoms with van der Waals surface area (Å²) >= 11 is 3.43. The predicted octanol–water partition coefficient (Wildman–Crippen LogP) is 4.03. The molecule has 0 bridgehead atoms. The first-order valence-electron chi connectivity index (χ1n) is 8.32. The number of ether oxygens (including phenoxy) is 2. The Morgan fingerprint density at radius 3 is 2.67 bits per heavy atom. The van der Waals surface area contributed by atoms with Gasteiger partial charge in [0, 0.05) is 42.4 Å². The number of likely N-dealkylation sites (tertiary alicyclic amines) is 1. The largest absolute Gasteiger partial charge is 0.487 e. The Morgan fingerprint density at radius 2 is 2.04 bits per heavy atom. The van der Waals surface area contributed by atoms with Crippen LogP contribution in [0, 0.1) is 0 Å². The number of amides is 1. The number of piperidine rings is 1. The first-order valence-corrected chi connectivity index (χ1v) is 9.11. The Labute approximate surface area is 151 Å². The molecule has 1 amide bonds. The van der Waals surface area contributed by atoms with Crippen LogP contribution >= 0.6 is 15.9 Å². The van der Waals surface area contributed by atoms with Gasteiger partial charge < -0.3 is 19.5 Å². The molecule has 1 aromatic rings.